The highest BCUT2D eigenvalue weighted by atomic mass is 35.5. The molecule has 0 atom stereocenters. The third-order valence-electron chi connectivity index (χ3n) is 3.77. The van der Waals surface area contributed by atoms with Crippen molar-refractivity contribution in [1.29, 1.82) is 0 Å². The van der Waals surface area contributed by atoms with Gasteiger partial charge >= 0.3 is 0 Å². The Morgan fingerprint density at radius 3 is 2.84 bits per heavy atom. The minimum atomic E-state index is 0.129. The van der Waals surface area contributed by atoms with Crippen LogP contribution in [0.25, 0.3) is 0 Å². The van der Waals surface area contributed by atoms with Crippen molar-refractivity contribution in [1.82, 2.24) is 5.32 Å². The van der Waals surface area contributed by atoms with E-state index < -0.39 is 0 Å². The lowest BCUT2D eigenvalue weighted by molar-refractivity contribution is -0.898. The van der Waals surface area contributed by atoms with Crippen LogP contribution in [0.5, 0.6) is 0 Å². The first-order chi connectivity index (χ1) is 9.13. The van der Waals surface area contributed by atoms with E-state index >= 15 is 0 Å². The fourth-order valence-corrected chi connectivity index (χ4v) is 2.70. The SMILES string of the molecule is CC1CC[NH+](CC(=O)NCc2cccc(Cl)c2)CC1. The minimum absolute atomic E-state index is 0.129. The van der Waals surface area contributed by atoms with Crippen LogP contribution in [0.4, 0.5) is 0 Å². The molecule has 0 spiro atoms. The van der Waals surface area contributed by atoms with E-state index in [-0.39, 0.29) is 5.91 Å². The smallest absolute Gasteiger partial charge is 0.275 e. The number of hydrogen-bond donors (Lipinski definition) is 2. The quantitative estimate of drug-likeness (QED) is 0.856. The monoisotopic (exact) mass is 281 g/mol. The first-order valence-corrected chi connectivity index (χ1v) is 7.36. The Labute approximate surface area is 119 Å². The van der Waals surface area contributed by atoms with E-state index in [1.807, 2.05) is 24.3 Å². The van der Waals surface area contributed by atoms with Gasteiger partial charge in [0.2, 0.25) is 0 Å². The predicted molar refractivity (Wildman–Crippen MR) is 77.3 cm³/mol. The highest BCUT2D eigenvalue weighted by Crippen LogP contribution is 2.10. The molecule has 4 heteroatoms. The molecule has 1 aliphatic rings. The van der Waals surface area contributed by atoms with Gasteiger partial charge in [0.15, 0.2) is 6.54 Å². The number of hydrogen-bond acceptors (Lipinski definition) is 1. The van der Waals surface area contributed by atoms with Crippen LogP contribution in [-0.2, 0) is 11.3 Å². The van der Waals surface area contributed by atoms with E-state index in [1.165, 1.54) is 17.7 Å². The molecule has 3 nitrogen and oxygen atoms in total. The van der Waals surface area contributed by atoms with Gasteiger partial charge in [0, 0.05) is 11.6 Å². The third-order valence-corrected chi connectivity index (χ3v) is 4.01. The molecule has 2 rings (SSSR count). The lowest BCUT2D eigenvalue weighted by atomic mass is 9.99. The summed E-state index contributed by atoms with van der Waals surface area (Å²) in [5.41, 5.74) is 1.04. The maximum absolute atomic E-state index is 11.9. The topological polar surface area (TPSA) is 33.5 Å². The molecule has 0 saturated carbocycles. The fraction of sp³-hybridized carbons (Fsp3) is 0.533. The van der Waals surface area contributed by atoms with Gasteiger partial charge < -0.3 is 10.2 Å². The number of piperidine rings is 1. The van der Waals surface area contributed by atoms with Gasteiger partial charge in [-0.05, 0) is 36.5 Å². The summed E-state index contributed by atoms with van der Waals surface area (Å²) in [6.45, 7) is 5.67. The Bertz CT molecular complexity index is 428. The van der Waals surface area contributed by atoms with Gasteiger partial charge in [-0.25, -0.2) is 0 Å². The van der Waals surface area contributed by atoms with Crippen molar-refractivity contribution in [3.05, 3.63) is 34.9 Å². The second kappa shape index (κ2) is 6.92. The molecule has 1 aromatic carbocycles. The Balaban J connectivity index is 1.73. The average Bonchev–Trinajstić information content (AvgIpc) is 2.39. The number of rotatable bonds is 4. The number of benzene rings is 1. The molecule has 1 aliphatic heterocycles. The minimum Gasteiger partial charge on any atom is -0.347 e. The van der Waals surface area contributed by atoms with E-state index in [2.05, 4.69) is 12.2 Å². The summed E-state index contributed by atoms with van der Waals surface area (Å²) in [7, 11) is 0. The number of likely N-dealkylation sites (tertiary alicyclic amines) is 1. The number of amides is 1. The summed E-state index contributed by atoms with van der Waals surface area (Å²) < 4.78 is 0. The maximum atomic E-state index is 11.9. The van der Waals surface area contributed by atoms with Crippen molar-refractivity contribution >= 4 is 17.5 Å². The van der Waals surface area contributed by atoms with Crippen molar-refractivity contribution in [2.75, 3.05) is 19.6 Å². The van der Waals surface area contributed by atoms with Gasteiger partial charge in [0.05, 0.1) is 13.1 Å². The summed E-state index contributed by atoms with van der Waals surface area (Å²) in [5, 5.41) is 3.68. The van der Waals surface area contributed by atoms with E-state index in [1.54, 1.807) is 0 Å². The number of nitrogens with one attached hydrogen (secondary N) is 2. The van der Waals surface area contributed by atoms with Crippen molar-refractivity contribution < 1.29 is 9.69 Å². The molecule has 104 valence electrons. The van der Waals surface area contributed by atoms with E-state index in [9.17, 15) is 4.79 Å². The van der Waals surface area contributed by atoms with Crippen molar-refractivity contribution in [3.8, 4) is 0 Å². The number of carbonyl (C=O) groups is 1. The summed E-state index contributed by atoms with van der Waals surface area (Å²) in [5.74, 6) is 0.947. The van der Waals surface area contributed by atoms with Crippen molar-refractivity contribution in [2.24, 2.45) is 5.92 Å². The highest BCUT2D eigenvalue weighted by molar-refractivity contribution is 6.30. The molecular formula is C15H22ClN2O+. The van der Waals surface area contributed by atoms with E-state index in [0.29, 0.717) is 18.1 Å². The second-order valence-electron chi connectivity index (χ2n) is 5.52. The normalized spacial score (nSPS) is 23.1. The first kappa shape index (κ1) is 14.4. The standard InChI is InChI=1S/C15H21ClN2O/c1-12-5-7-18(8-6-12)11-15(19)17-10-13-3-2-4-14(16)9-13/h2-4,9,12H,5-8,10-11H2,1H3,(H,17,19)/p+1. The zero-order valence-corrected chi connectivity index (χ0v) is 12.2. The Kier molecular flexibility index (Phi) is 5.23. The van der Waals surface area contributed by atoms with Crippen LogP contribution in [0.2, 0.25) is 5.02 Å². The summed E-state index contributed by atoms with van der Waals surface area (Å²) in [4.78, 5) is 13.3. The largest absolute Gasteiger partial charge is 0.347 e. The number of quaternary nitrogens is 1. The zero-order valence-electron chi connectivity index (χ0n) is 11.4. The molecule has 0 aromatic heterocycles. The van der Waals surface area contributed by atoms with Crippen LogP contribution in [-0.4, -0.2) is 25.5 Å². The van der Waals surface area contributed by atoms with Gasteiger partial charge in [-0.2, -0.15) is 0 Å². The molecule has 0 unspecified atom stereocenters. The molecule has 2 N–H and O–H groups in total. The van der Waals surface area contributed by atoms with E-state index in [0.717, 1.165) is 24.6 Å². The fourth-order valence-electron chi connectivity index (χ4n) is 2.48. The van der Waals surface area contributed by atoms with E-state index in [4.69, 9.17) is 11.6 Å². The molecule has 1 aromatic rings. The van der Waals surface area contributed by atoms with Crippen molar-refractivity contribution in [2.45, 2.75) is 26.3 Å². The molecule has 0 aliphatic carbocycles. The van der Waals surface area contributed by atoms with Gasteiger partial charge in [0.1, 0.15) is 0 Å². The molecular weight excluding hydrogens is 260 g/mol. The summed E-state index contributed by atoms with van der Waals surface area (Å²) in [6.07, 6.45) is 2.47. The van der Waals surface area contributed by atoms with Gasteiger partial charge in [-0.1, -0.05) is 30.7 Å². The summed E-state index contributed by atoms with van der Waals surface area (Å²) in [6, 6.07) is 7.60. The molecule has 0 bridgehead atoms. The lowest BCUT2D eigenvalue weighted by Crippen LogP contribution is -3.14. The Morgan fingerprint density at radius 1 is 1.42 bits per heavy atom. The Hall–Kier alpha value is -1.06. The highest BCUT2D eigenvalue weighted by Gasteiger charge is 2.20. The predicted octanol–water partition coefficient (Wildman–Crippen LogP) is 1.27. The van der Waals surface area contributed by atoms with Crippen LogP contribution in [0.3, 0.4) is 0 Å². The van der Waals surface area contributed by atoms with Gasteiger partial charge in [0.25, 0.3) is 5.91 Å². The van der Waals surface area contributed by atoms with Crippen LogP contribution in [0, 0.1) is 5.92 Å². The molecule has 1 fully saturated rings. The van der Waals surface area contributed by atoms with Crippen LogP contribution >= 0.6 is 11.6 Å². The Morgan fingerprint density at radius 2 is 2.16 bits per heavy atom. The molecule has 1 saturated heterocycles. The molecule has 1 heterocycles. The summed E-state index contributed by atoms with van der Waals surface area (Å²) >= 11 is 5.91. The first-order valence-electron chi connectivity index (χ1n) is 6.98. The maximum Gasteiger partial charge on any atom is 0.275 e. The third kappa shape index (κ3) is 4.84. The molecule has 19 heavy (non-hydrogen) atoms. The zero-order chi connectivity index (χ0) is 13.7. The number of carbonyl (C=O) groups excluding carboxylic acids is 1. The number of halogens is 1. The van der Waals surface area contributed by atoms with Crippen LogP contribution in [0.15, 0.2) is 24.3 Å². The van der Waals surface area contributed by atoms with Crippen LogP contribution in [0.1, 0.15) is 25.3 Å². The van der Waals surface area contributed by atoms with Gasteiger partial charge in [-0.3, -0.25) is 4.79 Å². The lowest BCUT2D eigenvalue weighted by Gasteiger charge is -2.26. The van der Waals surface area contributed by atoms with Crippen molar-refractivity contribution in [3.63, 3.8) is 0 Å². The molecule has 0 radical (unpaired) electrons. The van der Waals surface area contributed by atoms with Crippen LogP contribution < -0.4 is 10.2 Å². The average molecular weight is 282 g/mol. The molecule has 1 amide bonds. The van der Waals surface area contributed by atoms with Gasteiger partial charge in [-0.15, -0.1) is 0 Å². The second-order valence-corrected chi connectivity index (χ2v) is 5.95.